The first kappa shape index (κ1) is 19.2. The van der Waals surface area contributed by atoms with E-state index in [2.05, 4.69) is 10.0 Å². The van der Waals surface area contributed by atoms with Crippen LogP contribution in [0.1, 0.15) is 25.7 Å². The number of likely N-dealkylation sites (tertiary alicyclic amines) is 1. The Hall–Kier alpha value is -2.61. The van der Waals surface area contributed by atoms with Crippen molar-refractivity contribution in [2.24, 2.45) is 0 Å². The van der Waals surface area contributed by atoms with Gasteiger partial charge in [-0.3, -0.25) is 4.72 Å². The molecule has 1 saturated heterocycles. The topological polar surface area (TPSA) is 78.5 Å². The number of nitrogens with zero attached hydrogens (tertiary/aromatic N) is 1. The van der Waals surface area contributed by atoms with Crippen molar-refractivity contribution in [1.82, 2.24) is 4.90 Å². The van der Waals surface area contributed by atoms with E-state index in [0.717, 1.165) is 44.8 Å². The molecule has 27 heavy (non-hydrogen) atoms. The molecule has 144 valence electrons. The first-order valence-corrected chi connectivity index (χ1v) is 10.4. The third-order valence-electron chi connectivity index (χ3n) is 4.39. The van der Waals surface area contributed by atoms with E-state index in [1.165, 1.54) is 42.5 Å². The fraction of sp³-hybridized carbons (Fsp3) is 0.316. The highest BCUT2D eigenvalue weighted by molar-refractivity contribution is 7.92. The minimum atomic E-state index is -3.84. The van der Waals surface area contributed by atoms with E-state index in [4.69, 9.17) is 0 Å². The summed E-state index contributed by atoms with van der Waals surface area (Å²) in [6, 6.07) is 10.9. The molecule has 0 bridgehead atoms. The van der Waals surface area contributed by atoms with E-state index < -0.39 is 15.8 Å². The Morgan fingerprint density at radius 3 is 2.22 bits per heavy atom. The summed E-state index contributed by atoms with van der Waals surface area (Å²) in [7, 11) is -3.84. The predicted molar refractivity (Wildman–Crippen MR) is 103 cm³/mol. The molecule has 1 aliphatic rings. The summed E-state index contributed by atoms with van der Waals surface area (Å²) in [6.45, 7) is 1.46. The van der Waals surface area contributed by atoms with Gasteiger partial charge in [-0.25, -0.2) is 17.6 Å². The number of carbonyl (C=O) groups excluding carboxylic acids is 1. The van der Waals surface area contributed by atoms with Crippen LogP contribution in [0.15, 0.2) is 53.4 Å². The summed E-state index contributed by atoms with van der Waals surface area (Å²) < 4.78 is 40.4. The zero-order chi connectivity index (χ0) is 19.3. The Morgan fingerprint density at radius 1 is 0.926 bits per heavy atom. The zero-order valence-corrected chi connectivity index (χ0v) is 15.6. The molecule has 0 radical (unpaired) electrons. The average molecular weight is 391 g/mol. The Labute approximate surface area is 158 Å². The molecule has 8 heteroatoms. The van der Waals surface area contributed by atoms with Gasteiger partial charge in [0.15, 0.2) is 0 Å². The van der Waals surface area contributed by atoms with Crippen LogP contribution in [0.4, 0.5) is 20.6 Å². The summed E-state index contributed by atoms with van der Waals surface area (Å²) in [5.41, 5.74) is 0.669. The molecular weight excluding hydrogens is 369 g/mol. The fourth-order valence-corrected chi connectivity index (χ4v) is 4.01. The van der Waals surface area contributed by atoms with Crippen molar-refractivity contribution in [3.63, 3.8) is 0 Å². The number of benzene rings is 2. The minimum Gasteiger partial charge on any atom is -0.325 e. The fourth-order valence-electron chi connectivity index (χ4n) is 2.96. The number of hydrogen-bond acceptors (Lipinski definition) is 3. The van der Waals surface area contributed by atoms with Crippen molar-refractivity contribution in [1.29, 1.82) is 0 Å². The molecule has 1 heterocycles. The second kappa shape index (κ2) is 8.39. The van der Waals surface area contributed by atoms with E-state index >= 15 is 0 Å². The van der Waals surface area contributed by atoms with Crippen molar-refractivity contribution < 1.29 is 17.6 Å². The van der Waals surface area contributed by atoms with Crippen LogP contribution < -0.4 is 10.0 Å². The Bertz CT molecular complexity index is 893. The summed E-state index contributed by atoms with van der Waals surface area (Å²) in [4.78, 5) is 14.1. The van der Waals surface area contributed by atoms with Crippen LogP contribution in [-0.2, 0) is 10.0 Å². The lowest BCUT2D eigenvalue weighted by Gasteiger charge is -2.20. The molecule has 6 nitrogen and oxygen atoms in total. The van der Waals surface area contributed by atoms with E-state index in [9.17, 15) is 17.6 Å². The highest BCUT2D eigenvalue weighted by Crippen LogP contribution is 2.19. The summed E-state index contributed by atoms with van der Waals surface area (Å²) in [5, 5.41) is 2.80. The number of halogens is 1. The van der Waals surface area contributed by atoms with Crippen molar-refractivity contribution in [3.05, 3.63) is 54.3 Å². The van der Waals surface area contributed by atoms with Crippen LogP contribution in [0.5, 0.6) is 0 Å². The Balaban J connectivity index is 1.66. The van der Waals surface area contributed by atoms with Gasteiger partial charge in [-0.05, 0) is 55.3 Å². The summed E-state index contributed by atoms with van der Waals surface area (Å²) in [5.74, 6) is -0.526. The van der Waals surface area contributed by atoms with Gasteiger partial charge in [0.25, 0.3) is 10.0 Å². The standard InChI is InChI=1S/C19H22FN3O3S/c20-15-6-5-7-17(14-15)22-27(25,26)18-10-8-16(9-11-18)21-19(24)23-12-3-1-2-4-13-23/h5-11,14,22H,1-4,12-13H2,(H,21,24). The quantitative estimate of drug-likeness (QED) is 0.826. The van der Waals surface area contributed by atoms with Crippen LogP contribution >= 0.6 is 0 Å². The second-order valence-electron chi connectivity index (χ2n) is 6.47. The van der Waals surface area contributed by atoms with Crippen LogP contribution in [-0.4, -0.2) is 32.4 Å². The number of anilines is 2. The number of nitrogens with one attached hydrogen (secondary N) is 2. The van der Waals surface area contributed by atoms with Crippen molar-refractivity contribution in [2.45, 2.75) is 30.6 Å². The number of carbonyl (C=O) groups is 1. The van der Waals surface area contributed by atoms with Crippen LogP contribution in [0.25, 0.3) is 0 Å². The zero-order valence-electron chi connectivity index (χ0n) is 14.8. The molecular formula is C19H22FN3O3S. The summed E-state index contributed by atoms with van der Waals surface area (Å²) in [6.07, 6.45) is 4.26. The molecule has 0 atom stereocenters. The SMILES string of the molecule is O=C(Nc1ccc(S(=O)(=O)Nc2cccc(F)c2)cc1)N1CCCCCC1. The maximum absolute atomic E-state index is 13.2. The van der Waals surface area contributed by atoms with Gasteiger partial charge in [-0.15, -0.1) is 0 Å². The van der Waals surface area contributed by atoms with Gasteiger partial charge in [-0.2, -0.15) is 0 Å². The number of hydrogen-bond donors (Lipinski definition) is 2. The molecule has 0 saturated carbocycles. The van der Waals surface area contributed by atoms with Gasteiger partial charge in [0.2, 0.25) is 0 Å². The minimum absolute atomic E-state index is 0.0273. The molecule has 2 aromatic rings. The second-order valence-corrected chi connectivity index (χ2v) is 8.15. The maximum atomic E-state index is 13.2. The molecule has 2 N–H and O–H groups in total. The van der Waals surface area contributed by atoms with Gasteiger partial charge in [0, 0.05) is 18.8 Å². The van der Waals surface area contributed by atoms with E-state index in [-0.39, 0.29) is 16.6 Å². The Kier molecular flexibility index (Phi) is 5.95. The first-order valence-electron chi connectivity index (χ1n) is 8.88. The third-order valence-corrected chi connectivity index (χ3v) is 5.78. The molecule has 0 unspecified atom stereocenters. The van der Waals surface area contributed by atoms with E-state index in [0.29, 0.717) is 5.69 Å². The highest BCUT2D eigenvalue weighted by Gasteiger charge is 2.17. The first-order chi connectivity index (χ1) is 12.9. The normalized spacial score (nSPS) is 15.1. The molecule has 1 fully saturated rings. The van der Waals surface area contributed by atoms with Crippen LogP contribution in [0.2, 0.25) is 0 Å². The molecule has 2 amide bonds. The molecule has 3 rings (SSSR count). The highest BCUT2D eigenvalue weighted by atomic mass is 32.2. The third kappa shape index (κ3) is 5.19. The van der Waals surface area contributed by atoms with Crippen LogP contribution in [0.3, 0.4) is 0 Å². The van der Waals surface area contributed by atoms with Crippen molar-refractivity contribution >= 4 is 27.4 Å². The number of amides is 2. The molecule has 0 spiro atoms. The molecule has 0 aliphatic carbocycles. The lowest BCUT2D eigenvalue weighted by molar-refractivity contribution is 0.214. The smallest absolute Gasteiger partial charge is 0.321 e. The predicted octanol–water partition coefficient (Wildman–Crippen LogP) is 4.03. The van der Waals surface area contributed by atoms with E-state index in [1.54, 1.807) is 4.90 Å². The maximum Gasteiger partial charge on any atom is 0.321 e. The van der Waals surface area contributed by atoms with Gasteiger partial charge >= 0.3 is 6.03 Å². The number of sulfonamides is 1. The van der Waals surface area contributed by atoms with Gasteiger partial charge in [-0.1, -0.05) is 18.9 Å². The largest absolute Gasteiger partial charge is 0.325 e. The number of rotatable bonds is 4. The molecule has 2 aromatic carbocycles. The van der Waals surface area contributed by atoms with E-state index in [1.807, 2.05) is 0 Å². The summed E-state index contributed by atoms with van der Waals surface area (Å²) >= 11 is 0. The van der Waals surface area contributed by atoms with Crippen molar-refractivity contribution in [2.75, 3.05) is 23.1 Å². The van der Waals surface area contributed by atoms with Crippen molar-refractivity contribution in [3.8, 4) is 0 Å². The van der Waals surface area contributed by atoms with Gasteiger partial charge < -0.3 is 10.2 Å². The number of urea groups is 1. The molecule has 0 aromatic heterocycles. The van der Waals surface area contributed by atoms with Gasteiger partial charge in [0.05, 0.1) is 10.6 Å². The monoisotopic (exact) mass is 391 g/mol. The molecule has 1 aliphatic heterocycles. The van der Waals surface area contributed by atoms with Crippen LogP contribution in [0, 0.1) is 5.82 Å². The average Bonchev–Trinajstić information content (AvgIpc) is 2.91. The van der Waals surface area contributed by atoms with Gasteiger partial charge in [0.1, 0.15) is 5.82 Å². The lowest BCUT2D eigenvalue weighted by atomic mass is 10.2. The Morgan fingerprint density at radius 2 is 1.59 bits per heavy atom. The lowest BCUT2D eigenvalue weighted by Crippen LogP contribution is -2.35.